The number of methoxy groups -OCH3 is 1. The second-order valence-corrected chi connectivity index (χ2v) is 10.9. The van der Waals surface area contributed by atoms with Crippen LogP contribution in [0.15, 0.2) is 46.0 Å². The summed E-state index contributed by atoms with van der Waals surface area (Å²) in [6.07, 6.45) is 2.43. The standard InChI is InChI=1S/C25H28ClFN4O4S/c1-25(2,3)35-24(33)31-10-7-14(8-11-31)19-18(23(32)34-4)20(16-6-5-15(26)13-17(16)27)30-21(29-19)22-28-9-12-36-22/h5-6,9,12-14,20H,7-8,10-11H2,1-4H3,(H,29,30). The molecule has 0 spiro atoms. The molecule has 0 saturated carbocycles. The van der Waals surface area contributed by atoms with E-state index in [0.29, 0.717) is 42.5 Å². The van der Waals surface area contributed by atoms with Crippen LogP contribution in [0, 0.1) is 11.7 Å². The fourth-order valence-electron chi connectivity index (χ4n) is 4.30. The molecular formula is C25H28ClFN4O4S. The topological polar surface area (TPSA) is 93.1 Å². The zero-order valence-corrected chi connectivity index (χ0v) is 22.1. The van der Waals surface area contributed by atoms with Gasteiger partial charge in [0.25, 0.3) is 0 Å². The van der Waals surface area contributed by atoms with E-state index in [4.69, 9.17) is 26.1 Å². The lowest BCUT2D eigenvalue weighted by molar-refractivity contribution is -0.136. The summed E-state index contributed by atoms with van der Waals surface area (Å²) in [6, 6.07) is 3.34. The Balaban J connectivity index is 1.71. The zero-order chi connectivity index (χ0) is 26.0. The highest BCUT2D eigenvalue weighted by Crippen LogP contribution is 2.39. The largest absolute Gasteiger partial charge is 0.466 e. The maximum atomic E-state index is 15.1. The van der Waals surface area contributed by atoms with Crippen molar-refractivity contribution in [2.24, 2.45) is 10.9 Å². The molecule has 1 aromatic carbocycles. The van der Waals surface area contributed by atoms with E-state index in [2.05, 4.69) is 10.3 Å². The summed E-state index contributed by atoms with van der Waals surface area (Å²) in [5.41, 5.74) is 0.452. The number of benzene rings is 1. The van der Waals surface area contributed by atoms with Gasteiger partial charge in [-0.3, -0.25) is 4.99 Å². The monoisotopic (exact) mass is 534 g/mol. The van der Waals surface area contributed by atoms with Gasteiger partial charge in [-0.2, -0.15) is 0 Å². The lowest BCUT2D eigenvalue weighted by Crippen LogP contribution is -2.44. The third kappa shape index (κ3) is 5.70. The van der Waals surface area contributed by atoms with Crippen LogP contribution in [0.1, 0.15) is 50.2 Å². The van der Waals surface area contributed by atoms with Gasteiger partial charge < -0.3 is 19.7 Å². The summed E-state index contributed by atoms with van der Waals surface area (Å²) in [4.78, 5) is 36.3. The first-order chi connectivity index (χ1) is 17.1. The number of amidine groups is 1. The van der Waals surface area contributed by atoms with Crippen LogP contribution in [0.2, 0.25) is 5.02 Å². The number of allylic oxidation sites excluding steroid dienone is 1. The molecule has 8 nitrogen and oxygen atoms in total. The number of nitrogens with one attached hydrogen (secondary N) is 1. The Labute approximate surface area is 218 Å². The van der Waals surface area contributed by atoms with Crippen molar-refractivity contribution in [2.45, 2.75) is 45.3 Å². The highest BCUT2D eigenvalue weighted by molar-refractivity contribution is 7.11. The van der Waals surface area contributed by atoms with E-state index in [9.17, 15) is 9.59 Å². The molecule has 1 N–H and O–H groups in total. The number of rotatable bonds is 4. The van der Waals surface area contributed by atoms with E-state index in [0.717, 1.165) is 0 Å². The molecule has 1 saturated heterocycles. The molecule has 1 atom stereocenters. The Kier molecular flexibility index (Phi) is 7.65. The number of aromatic nitrogens is 1. The molecule has 1 aromatic heterocycles. The maximum absolute atomic E-state index is 15.1. The molecule has 2 aliphatic rings. The molecule has 192 valence electrons. The summed E-state index contributed by atoms with van der Waals surface area (Å²) in [5, 5.41) is 5.97. The van der Waals surface area contributed by atoms with Crippen LogP contribution < -0.4 is 5.32 Å². The lowest BCUT2D eigenvalue weighted by Gasteiger charge is -2.37. The van der Waals surface area contributed by atoms with Crippen molar-refractivity contribution in [2.75, 3.05) is 20.2 Å². The number of hydrogen-bond donors (Lipinski definition) is 1. The van der Waals surface area contributed by atoms with Crippen LogP contribution in [0.5, 0.6) is 0 Å². The average molecular weight is 535 g/mol. The number of carbonyl (C=O) groups is 2. The quantitative estimate of drug-likeness (QED) is 0.548. The average Bonchev–Trinajstić information content (AvgIpc) is 3.37. The van der Waals surface area contributed by atoms with Gasteiger partial charge in [0.15, 0.2) is 10.8 Å². The molecule has 4 rings (SSSR count). The number of hydrogen-bond acceptors (Lipinski definition) is 8. The van der Waals surface area contributed by atoms with Crippen LogP contribution in [0.4, 0.5) is 9.18 Å². The number of likely N-dealkylation sites (tertiary alicyclic amines) is 1. The smallest absolute Gasteiger partial charge is 0.410 e. The summed E-state index contributed by atoms with van der Waals surface area (Å²) in [7, 11) is 1.29. The van der Waals surface area contributed by atoms with Crippen molar-refractivity contribution >= 4 is 40.8 Å². The molecule has 3 heterocycles. The number of aliphatic imine (C=N–C) groups is 1. The Bertz CT molecular complexity index is 1200. The third-order valence-corrected chi connectivity index (χ3v) is 6.94. The molecule has 2 aliphatic heterocycles. The minimum Gasteiger partial charge on any atom is -0.466 e. The number of thiazole rings is 1. The Morgan fingerprint density at radius 3 is 2.56 bits per heavy atom. The maximum Gasteiger partial charge on any atom is 0.410 e. The SMILES string of the molecule is COC(=O)C1=C(C2CCN(C(=O)OC(C)(C)C)CC2)NC(c2nccs2)=NC1c1ccc(Cl)cc1F. The number of ether oxygens (including phenoxy) is 2. The number of carbonyl (C=O) groups excluding carboxylic acids is 2. The van der Waals surface area contributed by atoms with Gasteiger partial charge in [-0.15, -0.1) is 11.3 Å². The summed E-state index contributed by atoms with van der Waals surface area (Å²) >= 11 is 7.36. The van der Waals surface area contributed by atoms with Gasteiger partial charge in [0.2, 0.25) is 0 Å². The third-order valence-electron chi connectivity index (χ3n) is 5.93. The number of piperidine rings is 1. The van der Waals surface area contributed by atoms with Crippen molar-refractivity contribution < 1.29 is 23.5 Å². The fraction of sp³-hybridized carbons (Fsp3) is 0.440. The van der Waals surface area contributed by atoms with E-state index in [1.807, 2.05) is 26.2 Å². The van der Waals surface area contributed by atoms with Gasteiger partial charge >= 0.3 is 12.1 Å². The molecular weight excluding hydrogens is 507 g/mol. The molecule has 0 aliphatic carbocycles. The zero-order valence-electron chi connectivity index (χ0n) is 20.5. The molecule has 0 bridgehead atoms. The summed E-state index contributed by atoms with van der Waals surface area (Å²) in [5.74, 6) is -0.854. The van der Waals surface area contributed by atoms with Gasteiger partial charge in [0, 0.05) is 46.9 Å². The first-order valence-electron chi connectivity index (χ1n) is 11.6. The molecule has 2 aromatic rings. The highest BCUT2D eigenvalue weighted by Gasteiger charge is 2.38. The minimum atomic E-state index is -0.950. The molecule has 1 unspecified atom stereocenters. The number of nitrogens with zero attached hydrogens (tertiary/aromatic N) is 3. The summed E-state index contributed by atoms with van der Waals surface area (Å²) < 4.78 is 25.7. The predicted molar refractivity (Wildman–Crippen MR) is 136 cm³/mol. The van der Waals surface area contributed by atoms with Crippen molar-refractivity contribution in [1.29, 1.82) is 0 Å². The van der Waals surface area contributed by atoms with Gasteiger partial charge in [-0.1, -0.05) is 17.7 Å². The number of amides is 1. The summed E-state index contributed by atoms with van der Waals surface area (Å²) in [6.45, 7) is 6.37. The van der Waals surface area contributed by atoms with Crippen LogP contribution >= 0.6 is 22.9 Å². The molecule has 0 radical (unpaired) electrons. The van der Waals surface area contributed by atoms with Crippen molar-refractivity contribution in [3.8, 4) is 0 Å². The molecule has 36 heavy (non-hydrogen) atoms. The number of halogens is 2. The van der Waals surface area contributed by atoms with Crippen molar-refractivity contribution in [3.63, 3.8) is 0 Å². The molecule has 11 heteroatoms. The van der Waals surface area contributed by atoms with Crippen LogP contribution in [-0.2, 0) is 14.3 Å². The Morgan fingerprint density at radius 2 is 1.97 bits per heavy atom. The van der Waals surface area contributed by atoms with Crippen molar-refractivity contribution in [3.05, 3.63) is 62.5 Å². The van der Waals surface area contributed by atoms with Crippen LogP contribution in [0.3, 0.4) is 0 Å². The first kappa shape index (κ1) is 26.1. The molecule has 1 amide bonds. The van der Waals surface area contributed by atoms with Crippen LogP contribution in [-0.4, -0.2) is 53.6 Å². The Hall–Kier alpha value is -2.98. The van der Waals surface area contributed by atoms with E-state index in [1.54, 1.807) is 17.2 Å². The second-order valence-electron chi connectivity index (χ2n) is 9.57. The van der Waals surface area contributed by atoms with Gasteiger partial charge in [0.05, 0.1) is 12.7 Å². The van der Waals surface area contributed by atoms with Crippen molar-refractivity contribution in [1.82, 2.24) is 15.2 Å². The van der Waals surface area contributed by atoms with E-state index in [-0.39, 0.29) is 28.2 Å². The lowest BCUT2D eigenvalue weighted by atomic mass is 9.85. The number of esters is 1. The van der Waals surface area contributed by atoms with Crippen LogP contribution in [0.25, 0.3) is 0 Å². The normalized spacial score (nSPS) is 19.0. The van der Waals surface area contributed by atoms with Gasteiger partial charge in [-0.25, -0.2) is 19.0 Å². The minimum absolute atomic E-state index is 0.124. The fourth-order valence-corrected chi connectivity index (χ4v) is 5.04. The van der Waals surface area contributed by atoms with Gasteiger partial charge in [0.1, 0.15) is 17.5 Å². The van der Waals surface area contributed by atoms with E-state index >= 15 is 4.39 Å². The second kappa shape index (κ2) is 10.6. The van der Waals surface area contributed by atoms with E-state index < -0.39 is 23.4 Å². The predicted octanol–water partition coefficient (Wildman–Crippen LogP) is 5.10. The van der Waals surface area contributed by atoms with Gasteiger partial charge in [-0.05, 0) is 45.7 Å². The highest BCUT2D eigenvalue weighted by atomic mass is 35.5. The molecule has 1 fully saturated rings. The van der Waals surface area contributed by atoms with E-state index in [1.165, 1.54) is 30.6 Å². The first-order valence-corrected chi connectivity index (χ1v) is 12.8. The Morgan fingerprint density at radius 1 is 1.25 bits per heavy atom.